The average Bonchev–Trinajstić information content (AvgIpc) is 2.65. The maximum absolute atomic E-state index is 12.4. The maximum Gasteiger partial charge on any atom is 0.288 e. The standard InChI is InChI=1S/C16H19NO2/c1-12-9-16(2,3)11-17(12)14(10-18)15(19)13-7-5-4-6-8-13/h4-8,10H,9,11H2,1-3H3/p+1. The van der Waals surface area contributed by atoms with E-state index < -0.39 is 0 Å². The second-order valence-corrected chi connectivity index (χ2v) is 5.87. The summed E-state index contributed by atoms with van der Waals surface area (Å²) in [6.45, 7) is 7.09. The molecule has 1 N–H and O–H groups in total. The Morgan fingerprint density at radius 1 is 1.32 bits per heavy atom. The summed E-state index contributed by atoms with van der Waals surface area (Å²) in [5.74, 6) is -0.139. The van der Waals surface area contributed by atoms with Gasteiger partial charge in [0.25, 0.3) is 11.5 Å². The number of allylic oxidation sites excluding steroid dienone is 1. The Morgan fingerprint density at radius 2 is 1.95 bits per heavy atom. The topological polar surface area (TPSA) is 40.3 Å². The Labute approximate surface area is 113 Å². The molecular weight excluding hydrogens is 238 g/mol. The summed E-state index contributed by atoms with van der Waals surface area (Å²) in [4.78, 5) is 12.4. The molecule has 0 radical (unpaired) electrons. The van der Waals surface area contributed by atoms with Crippen LogP contribution in [0, 0.1) is 5.41 Å². The SMILES string of the molecule is CC1=[N+](/C(=C/O)C(=O)c2ccccc2)CC(C)(C)C1. The van der Waals surface area contributed by atoms with Crippen LogP contribution in [0.2, 0.25) is 0 Å². The fourth-order valence-electron chi connectivity index (χ4n) is 2.69. The average molecular weight is 258 g/mol. The highest BCUT2D eigenvalue weighted by molar-refractivity contribution is 6.07. The van der Waals surface area contributed by atoms with Gasteiger partial charge in [0.1, 0.15) is 0 Å². The van der Waals surface area contributed by atoms with Crippen molar-refractivity contribution >= 4 is 11.5 Å². The fourth-order valence-corrected chi connectivity index (χ4v) is 2.69. The monoisotopic (exact) mass is 258 g/mol. The third-order valence-electron chi connectivity index (χ3n) is 3.46. The van der Waals surface area contributed by atoms with E-state index >= 15 is 0 Å². The maximum atomic E-state index is 12.4. The molecule has 0 spiro atoms. The quantitative estimate of drug-likeness (QED) is 0.391. The molecule has 0 saturated carbocycles. The molecule has 1 aromatic carbocycles. The molecule has 1 aliphatic rings. The van der Waals surface area contributed by atoms with Crippen LogP contribution in [0.4, 0.5) is 0 Å². The minimum Gasteiger partial charge on any atom is -0.509 e. The highest BCUT2D eigenvalue weighted by atomic mass is 16.2. The largest absolute Gasteiger partial charge is 0.509 e. The molecule has 0 aromatic heterocycles. The summed E-state index contributed by atoms with van der Waals surface area (Å²) >= 11 is 0. The number of carbonyl (C=O) groups excluding carboxylic acids is 1. The molecule has 1 heterocycles. The van der Waals surface area contributed by atoms with Gasteiger partial charge in [-0.3, -0.25) is 4.79 Å². The van der Waals surface area contributed by atoms with Crippen LogP contribution in [-0.4, -0.2) is 27.7 Å². The Balaban J connectivity index is 2.33. The number of hydrogen-bond acceptors (Lipinski definition) is 2. The first-order chi connectivity index (χ1) is 8.94. The van der Waals surface area contributed by atoms with Crippen molar-refractivity contribution in [1.29, 1.82) is 0 Å². The predicted molar refractivity (Wildman–Crippen MR) is 75.7 cm³/mol. The number of hydrogen-bond donors (Lipinski definition) is 1. The van der Waals surface area contributed by atoms with Gasteiger partial charge in [0, 0.05) is 24.3 Å². The molecule has 3 nitrogen and oxygen atoms in total. The molecule has 0 unspecified atom stereocenters. The number of aliphatic hydroxyl groups excluding tert-OH is 1. The van der Waals surface area contributed by atoms with E-state index in [1.807, 2.05) is 29.7 Å². The molecular formula is C16H20NO2+. The molecule has 0 aliphatic carbocycles. The normalized spacial score (nSPS) is 18.8. The molecule has 0 atom stereocenters. The van der Waals surface area contributed by atoms with Gasteiger partial charge in [-0.1, -0.05) is 44.2 Å². The van der Waals surface area contributed by atoms with Crippen LogP contribution in [-0.2, 0) is 0 Å². The van der Waals surface area contributed by atoms with Crippen LogP contribution in [0.15, 0.2) is 42.3 Å². The van der Waals surface area contributed by atoms with Crippen molar-refractivity contribution in [2.45, 2.75) is 27.2 Å². The van der Waals surface area contributed by atoms with E-state index in [0.717, 1.165) is 24.9 Å². The van der Waals surface area contributed by atoms with Gasteiger partial charge in [-0.25, -0.2) is 0 Å². The van der Waals surface area contributed by atoms with Gasteiger partial charge in [-0.15, -0.1) is 0 Å². The molecule has 2 rings (SSSR count). The summed E-state index contributed by atoms with van der Waals surface area (Å²) in [6.07, 6.45) is 1.87. The number of ketones is 1. The number of aliphatic hydroxyl groups is 1. The van der Waals surface area contributed by atoms with Crippen molar-refractivity contribution in [3.8, 4) is 0 Å². The van der Waals surface area contributed by atoms with Crippen molar-refractivity contribution in [2.24, 2.45) is 5.41 Å². The van der Waals surface area contributed by atoms with Crippen LogP contribution in [0.5, 0.6) is 0 Å². The Hall–Kier alpha value is -1.90. The molecule has 0 saturated heterocycles. The summed E-state index contributed by atoms with van der Waals surface area (Å²) in [7, 11) is 0. The van der Waals surface area contributed by atoms with Crippen molar-refractivity contribution in [3.05, 3.63) is 47.9 Å². The third kappa shape index (κ3) is 2.75. The Kier molecular flexibility index (Phi) is 3.56. The summed E-state index contributed by atoms with van der Waals surface area (Å²) in [6, 6.07) is 9.06. The van der Waals surface area contributed by atoms with Crippen LogP contribution in [0.1, 0.15) is 37.6 Å². The van der Waals surface area contributed by atoms with E-state index in [1.165, 1.54) is 0 Å². The van der Waals surface area contributed by atoms with Crippen molar-refractivity contribution in [1.82, 2.24) is 0 Å². The first kappa shape index (κ1) is 13.5. The first-order valence-corrected chi connectivity index (χ1v) is 6.49. The van der Waals surface area contributed by atoms with E-state index in [2.05, 4.69) is 13.8 Å². The van der Waals surface area contributed by atoms with Crippen LogP contribution in [0.25, 0.3) is 0 Å². The molecule has 100 valence electrons. The van der Waals surface area contributed by atoms with Crippen LogP contribution >= 0.6 is 0 Å². The zero-order valence-corrected chi connectivity index (χ0v) is 11.7. The van der Waals surface area contributed by atoms with Gasteiger partial charge in [-0.05, 0) is 0 Å². The van der Waals surface area contributed by atoms with Gasteiger partial charge in [0.15, 0.2) is 18.5 Å². The number of Topliss-reactive ketones (excluding diaryl/α,β-unsaturated/α-hetero) is 1. The highest BCUT2D eigenvalue weighted by Gasteiger charge is 2.39. The fraction of sp³-hybridized carbons (Fsp3) is 0.375. The van der Waals surface area contributed by atoms with Crippen LogP contribution in [0.3, 0.4) is 0 Å². The number of benzene rings is 1. The van der Waals surface area contributed by atoms with E-state index in [4.69, 9.17) is 0 Å². The lowest BCUT2D eigenvalue weighted by Crippen LogP contribution is -2.23. The molecule has 0 amide bonds. The van der Waals surface area contributed by atoms with Gasteiger partial charge < -0.3 is 5.11 Å². The van der Waals surface area contributed by atoms with Crippen molar-refractivity contribution in [3.63, 3.8) is 0 Å². The lowest BCUT2D eigenvalue weighted by Gasteiger charge is -2.11. The summed E-state index contributed by atoms with van der Waals surface area (Å²) in [5, 5.41) is 9.47. The second-order valence-electron chi connectivity index (χ2n) is 5.87. The highest BCUT2D eigenvalue weighted by Crippen LogP contribution is 2.29. The molecule has 0 fully saturated rings. The number of rotatable bonds is 3. The summed E-state index contributed by atoms with van der Waals surface area (Å²) < 4.78 is 1.93. The molecule has 19 heavy (non-hydrogen) atoms. The van der Waals surface area contributed by atoms with Gasteiger partial charge in [0.05, 0.1) is 0 Å². The van der Waals surface area contributed by atoms with Crippen LogP contribution < -0.4 is 0 Å². The molecule has 3 heteroatoms. The van der Waals surface area contributed by atoms with E-state index in [-0.39, 0.29) is 11.2 Å². The smallest absolute Gasteiger partial charge is 0.288 e. The van der Waals surface area contributed by atoms with Gasteiger partial charge in [-0.2, -0.15) is 4.58 Å². The Bertz CT molecular complexity index is 553. The molecule has 0 bridgehead atoms. The lowest BCUT2D eigenvalue weighted by atomic mass is 9.90. The zero-order chi connectivity index (χ0) is 14.0. The minimum absolute atomic E-state index is 0.134. The minimum atomic E-state index is -0.139. The van der Waals surface area contributed by atoms with E-state index in [1.54, 1.807) is 12.1 Å². The third-order valence-corrected chi connectivity index (χ3v) is 3.46. The first-order valence-electron chi connectivity index (χ1n) is 6.49. The van der Waals surface area contributed by atoms with Gasteiger partial charge in [0.2, 0.25) is 0 Å². The lowest BCUT2D eigenvalue weighted by molar-refractivity contribution is -0.473. The van der Waals surface area contributed by atoms with Crippen molar-refractivity contribution in [2.75, 3.05) is 6.54 Å². The number of nitrogens with zero attached hydrogens (tertiary/aromatic N) is 1. The predicted octanol–water partition coefficient (Wildman–Crippen LogP) is 3.17. The van der Waals surface area contributed by atoms with E-state index in [0.29, 0.717) is 11.3 Å². The molecule has 1 aliphatic heterocycles. The van der Waals surface area contributed by atoms with Gasteiger partial charge >= 0.3 is 0 Å². The Morgan fingerprint density at radius 3 is 2.42 bits per heavy atom. The number of carbonyl (C=O) groups is 1. The second kappa shape index (κ2) is 5.00. The van der Waals surface area contributed by atoms with Crippen molar-refractivity contribution < 1.29 is 14.5 Å². The molecule has 1 aromatic rings. The van der Waals surface area contributed by atoms with E-state index in [9.17, 15) is 9.90 Å². The summed E-state index contributed by atoms with van der Waals surface area (Å²) in [5.41, 5.74) is 2.21. The zero-order valence-electron chi connectivity index (χ0n) is 11.7.